The van der Waals surface area contributed by atoms with E-state index in [0.717, 1.165) is 29.6 Å². The molecule has 0 radical (unpaired) electrons. The lowest BCUT2D eigenvalue weighted by Crippen LogP contribution is -2.30. The Bertz CT molecular complexity index is 1440. The number of aromatic nitrogens is 5. The summed E-state index contributed by atoms with van der Waals surface area (Å²) >= 11 is 0. The van der Waals surface area contributed by atoms with Crippen LogP contribution in [0.2, 0.25) is 0 Å². The van der Waals surface area contributed by atoms with Crippen molar-refractivity contribution in [3.63, 3.8) is 0 Å². The second-order valence-corrected chi connectivity index (χ2v) is 9.54. The summed E-state index contributed by atoms with van der Waals surface area (Å²) < 4.78 is 14.5. The summed E-state index contributed by atoms with van der Waals surface area (Å²) in [6, 6.07) is 7.20. The van der Waals surface area contributed by atoms with Gasteiger partial charge in [-0.05, 0) is 43.9 Å². The van der Waals surface area contributed by atoms with Crippen molar-refractivity contribution in [2.45, 2.75) is 44.0 Å². The fourth-order valence-electron chi connectivity index (χ4n) is 4.97. The Morgan fingerprint density at radius 2 is 1.92 bits per heavy atom. The maximum Gasteiger partial charge on any atom is 0.289 e. The minimum absolute atomic E-state index is 0.193. The number of anilines is 3. The van der Waals surface area contributed by atoms with Crippen LogP contribution in [-0.2, 0) is 0 Å². The zero-order valence-electron chi connectivity index (χ0n) is 20.1. The topological polar surface area (TPSA) is 132 Å². The van der Waals surface area contributed by atoms with Crippen LogP contribution in [0.25, 0.3) is 22.3 Å². The molecule has 11 heteroatoms. The lowest BCUT2D eigenvalue weighted by molar-refractivity contribution is 0.0754. The van der Waals surface area contributed by atoms with Gasteiger partial charge in [0, 0.05) is 54.7 Å². The number of hydrogen-bond acceptors (Lipinski definition) is 8. The summed E-state index contributed by atoms with van der Waals surface area (Å²) in [5.74, 6) is 0.506. The van der Waals surface area contributed by atoms with Gasteiger partial charge < -0.3 is 25.6 Å². The number of halogens is 1. The molecule has 190 valence electrons. The first kappa shape index (κ1) is 23.3. The number of aromatic amines is 1. The third-order valence-electron chi connectivity index (χ3n) is 6.94. The summed E-state index contributed by atoms with van der Waals surface area (Å²) in [7, 11) is 0. The molecule has 2 fully saturated rings. The number of carbonyl (C=O) groups excluding carboxylic acids is 1. The van der Waals surface area contributed by atoms with Crippen molar-refractivity contribution in [2.24, 2.45) is 0 Å². The highest BCUT2D eigenvalue weighted by atomic mass is 19.1. The number of hydrogen-bond donors (Lipinski definition) is 4. The fourth-order valence-corrected chi connectivity index (χ4v) is 4.97. The number of nitrogens with zero attached hydrogens (tertiary/aromatic N) is 5. The van der Waals surface area contributed by atoms with Gasteiger partial charge in [0.25, 0.3) is 5.91 Å². The van der Waals surface area contributed by atoms with Crippen molar-refractivity contribution in [1.82, 2.24) is 29.8 Å². The van der Waals surface area contributed by atoms with Crippen LogP contribution in [0.1, 0.15) is 36.3 Å². The summed E-state index contributed by atoms with van der Waals surface area (Å²) in [5, 5.41) is 16.4. The molecular formula is C26H27FN8O2. The predicted molar refractivity (Wildman–Crippen MR) is 137 cm³/mol. The number of pyridine rings is 1. The SMILES string of the molecule is O=C(c1ncc(-c2cnc(Nc3ccc4nccnc4c3)cc2NC2CCCC2F)[nH]1)N1CCC(O)C1. The van der Waals surface area contributed by atoms with E-state index in [1.54, 1.807) is 29.7 Å². The van der Waals surface area contributed by atoms with E-state index in [9.17, 15) is 14.3 Å². The first-order valence-electron chi connectivity index (χ1n) is 12.4. The molecule has 6 rings (SSSR count). The average molecular weight is 503 g/mol. The molecule has 0 bridgehead atoms. The van der Waals surface area contributed by atoms with Crippen molar-refractivity contribution >= 4 is 34.1 Å². The Balaban J connectivity index is 1.30. The highest BCUT2D eigenvalue weighted by Crippen LogP contribution is 2.33. The van der Waals surface area contributed by atoms with E-state index in [1.165, 1.54) is 0 Å². The Labute approximate surface area is 212 Å². The number of rotatable bonds is 6. The first-order valence-corrected chi connectivity index (χ1v) is 12.4. The van der Waals surface area contributed by atoms with Gasteiger partial charge in [-0.1, -0.05) is 0 Å². The first-order chi connectivity index (χ1) is 18.0. The monoisotopic (exact) mass is 502 g/mol. The molecule has 3 aromatic heterocycles. The Hall–Kier alpha value is -4.12. The summed E-state index contributed by atoms with van der Waals surface area (Å²) in [4.78, 5) is 35.0. The highest BCUT2D eigenvalue weighted by Gasteiger charge is 2.29. The van der Waals surface area contributed by atoms with E-state index in [-0.39, 0.29) is 17.8 Å². The molecule has 37 heavy (non-hydrogen) atoms. The number of imidazole rings is 1. The van der Waals surface area contributed by atoms with Crippen LogP contribution in [0.15, 0.2) is 49.1 Å². The van der Waals surface area contributed by atoms with Gasteiger partial charge in [0.2, 0.25) is 0 Å². The molecule has 3 unspecified atom stereocenters. The molecule has 1 saturated heterocycles. The smallest absolute Gasteiger partial charge is 0.289 e. The number of likely N-dealkylation sites (tertiary alicyclic amines) is 1. The lowest BCUT2D eigenvalue weighted by Gasteiger charge is -2.19. The minimum atomic E-state index is -0.933. The zero-order chi connectivity index (χ0) is 25.4. The van der Waals surface area contributed by atoms with Gasteiger partial charge in [-0.15, -0.1) is 0 Å². The number of aliphatic hydroxyl groups excluding tert-OH is 1. The van der Waals surface area contributed by atoms with E-state index in [4.69, 9.17) is 0 Å². The van der Waals surface area contributed by atoms with Gasteiger partial charge in [0.05, 0.1) is 35.1 Å². The normalized spacial score (nSPS) is 21.5. The zero-order valence-corrected chi connectivity index (χ0v) is 20.1. The third-order valence-corrected chi connectivity index (χ3v) is 6.94. The van der Waals surface area contributed by atoms with Crippen molar-refractivity contribution in [1.29, 1.82) is 0 Å². The molecule has 1 aliphatic heterocycles. The van der Waals surface area contributed by atoms with Gasteiger partial charge in [0.15, 0.2) is 5.82 Å². The third kappa shape index (κ3) is 4.82. The van der Waals surface area contributed by atoms with Crippen molar-refractivity contribution in [3.05, 3.63) is 54.9 Å². The average Bonchev–Trinajstić information content (AvgIpc) is 3.66. The van der Waals surface area contributed by atoms with Crippen molar-refractivity contribution in [3.8, 4) is 11.3 Å². The second kappa shape index (κ2) is 9.74. The van der Waals surface area contributed by atoms with Crippen LogP contribution < -0.4 is 10.6 Å². The lowest BCUT2D eigenvalue weighted by atomic mass is 10.1. The number of H-pyrrole nitrogens is 1. The summed E-state index contributed by atoms with van der Waals surface area (Å²) in [6.07, 6.45) is 7.76. The molecular weight excluding hydrogens is 475 g/mol. The molecule has 4 N–H and O–H groups in total. The van der Waals surface area contributed by atoms with Crippen LogP contribution in [0.3, 0.4) is 0 Å². The Morgan fingerprint density at radius 3 is 2.70 bits per heavy atom. The van der Waals surface area contributed by atoms with E-state index < -0.39 is 12.3 Å². The summed E-state index contributed by atoms with van der Waals surface area (Å²) in [6.45, 7) is 0.786. The predicted octanol–water partition coefficient (Wildman–Crippen LogP) is 3.67. The molecule has 1 aliphatic carbocycles. The van der Waals surface area contributed by atoms with E-state index in [1.807, 2.05) is 24.3 Å². The number of amides is 1. The number of nitrogens with one attached hydrogen (secondary N) is 3. The number of benzene rings is 1. The van der Waals surface area contributed by atoms with Crippen LogP contribution >= 0.6 is 0 Å². The molecule has 0 spiro atoms. The maximum atomic E-state index is 14.5. The summed E-state index contributed by atoms with van der Waals surface area (Å²) in [5.41, 5.74) is 4.31. The second-order valence-electron chi connectivity index (χ2n) is 9.54. The molecule has 3 atom stereocenters. The number of alkyl halides is 1. The number of β-amino-alcohol motifs (C(OH)–C–C–N with tert-alkyl or cyclic N) is 1. The molecule has 1 saturated carbocycles. The highest BCUT2D eigenvalue weighted by molar-refractivity contribution is 5.92. The van der Waals surface area contributed by atoms with Gasteiger partial charge in [-0.25, -0.2) is 14.4 Å². The van der Waals surface area contributed by atoms with Gasteiger partial charge in [-0.3, -0.25) is 14.8 Å². The van der Waals surface area contributed by atoms with Crippen LogP contribution in [0.5, 0.6) is 0 Å². The van der Waals surface area contributed by atoms with Crippen LogP contribution in [0.4, 0.5) is 21.6 Å². The number of aliphatic hydroxyl groups is 1. The van der Waals surface area contributed by atoms with Gasteiger partial charge >= 0.3 is 0 Å². The molecule has 4 heterocycles. The number of fused-ring (bicyclic) bond motifs is 1. The van der Waals surface area contributed by atoms with Crippen molar-refractivity contribution in [2.75, 3.05) is 23.7 Å². The molecule has 1 amide bonds. The van der Waals surface area contributed by atoms with Crippen LogP contribution in [-0.4, -0.2) is 72.2 Å². The van der Waals surface area contributed by atoms with Crippen LogP contribution in [0, 0.1) is 0 Å². The van der Waals surface area contributed by atoms with E-state index in [0.29, 0.717) is 48.7 Å². The van der Waals surface area contributed by atoms with E-state index >= 15 is 0 Å². The Morgan fingerprint density at radius 1 is 1.05 bits per heavy atom. The van der Waals surface area contributed by atoms with E-state index in [2.05, 4.69) is 35.6 Å². The quantitative estimate of drug-likeness (QED) is 0.314. The standard InChI is InChI=1S/C26H27FN8O2/c27-18-2-1-3-19(18)33-21-11-24(32-15-4-5-20-22(10-15)29-8-7-28-20)30-12-17(21)23-13-31-25(34-23)26(37)35-9-6-16(36)14-35/h4-5,7-8,10-13,16,18-19,36H,1-3,6,9,14H2,(H,31,34)(H2,30,32,33). The fraction of sp³-hybridized carbons (Fsp3) is 0.346. The molecule has 10 nitrogen and oxygen atoms in total. The van der Waals surface area contributed by atoms with Gasteiger partial charge in [0.1, 0.15) is 12.0 Å². The van der Waals surface area contributed by atoms with Gasteiger partial charge in [-0.2, -0.15) is 0 Å². The molecule has 1 aromatic carbocycles. The largest absolute Gasteiger partial charge is 0.391 e. The maximum absolute atomic E-state index is 14.5. The number of carbonyl (C=O) groups is 1. The minimum Gasteiger partial charge on any atom is -0.391 e. The van der Waals surface area contributed by atoms with Crippen molar-refractivity contribution < 1.29 is 14.3 Å². The Kier molecular flexibility index (Phi) is 6.13. The molecule has 2 aliphatic rings. The molecule has 4 aromatic rings.